The number of rotatable bonds is 13. The van der Waals surface area contributed by atoms with Crippen molar-refractivity contribution in [2.45, 2.75) is 71.6 Å². The maximum Gasteiger partial charge on any atom is 0.329 e. The SMILES string of the molecule is Cc1ccccc1NC(=O)Nc1ccc(CN2C(=O)N(C(CC(C)C)C(=O)NC(C)CC(=O)O)C(=O)C2(C)c2ccc(C(=N)N)cc2)cc1. The fourth-order valence-corrected chi connectivity index (χ4v) is 5.81. The van der Waals surface area contributed by atoms with E-state index in [1.165, 1.54) is 4.90 Å². The molecule has 1 saturated heterocycles. The van der Waals surface area contributed by atoms with Crippen molar-refractivity contribution in [2.75, 3.05) is 10.6 Å². The molecular weight excluding hydrogens is 626 g/mol. The van der Waals surface area contributed by atoms with E-state index in [1.807, 2.05) is 39.0 Å². The molecule has 49 heavy (non-hydrogen) atoms. The molecule has 7 N–H and O–H groups in total. The summed E-state index contributed by atoms with van der Waals surface area (Å²) in [7, 11) is 0. The number of hydrogen-bond acceptors (Lipinski definition) is 6. The van der Waals surface area contributed by atoms with Crippen molar-refractivity contribution >= 4 is 47.1 Å². The number of nitrogens with two attached hydrogens (primary N) is 1. The number of anilines is 2. The normalized spacial score (nSPS) is 17.1. The quantitative estimate of drug-likeness (QED) is 0.0836. The number of nitrogens with one attached hydrogen (secondary N) is 4. The first-order valence-electron chi connectivity index (χ1n) is 16.0. The van der Waals surface area contributed by atoms with Crippen LogP contribution in [0.3, 0.4) is 0 Å². The third-order valence-electron chi connectivity index (χ3n) is 8.49. The van der Waals surface area contributed by atoms with Gasteiger partial charge in [-0.3, -0.25) is 19.8 Å². The van der Waals surface area contributed by atoms with Crippen LogP contribution < -0.4 is 21.7 Å². The Bertz CT molecular complexity index is 1740. The van der Waals surface area contributed by atoms with Crippen LogP contribution in [0.4, 0.5) is 21.0 Å². The lowest BCUT2D eigenvalue weighted by atomic mass is 9.88. The molecule has 258 valence electrons. The second kappa shape index (κ2) is 15.0. The number of carbonyl (C=O) groups excluding carboxylic acids is 4. The maximum absolute atomic E-state index is 14.5. The predicted molar refractivity (Wildman–Crippen MR) is 186 cm³/mol. The summed E-state index contributed by atoms with van der Waals surface area (Å²) < 4.78 is 0. The average molecular weight is 670 g/mol. The van der Waals surface area contributed by atoms with Crippen molar-refractivity contribution in [3.8, 4) is 0 Å². The number of carbonyl (C=O) groups is 5. The molecule has 3 aromatic rings. The zero-order chi connectivity index (χ0) is 36.0. The van der Waals surface area contributed by atoms with Crippen LogP contribution in [-0.4, -0.2) is 62.7 Å². The molecule has 6 amide bonds. The Hall–Kier alpha value is -5.72. The minimum Gasteiger partial charge on any atom is -0.481 e. The molecule has 0 bridgehead atoms. The molecule has 13 heteroatoms. The van der Waals surface area contributed by atoms with Gasteiger partial charge in [0.1, 0.15) is 17.4 Å². The van der Waals surface area contributed by atoms with Gasteiger partial charge in [0.05, 0.1) is 6.42 Å². The summed E-state index contributed by atoms with van der Waals surface area (Å²) in [4.78, 5) is 68.7. The molecule has 4 rings (SSSR count). The Labute approximate surface area is 285 Å². The van der Waals surface area contributed by atoms with E-state index in [2.05, 4.69) is 16.0 Å². The first-order valence-corrected chi connectivity index (χ1v) is 16.0. The fourth-order valence-electron chi connectivity index (χ4n) is 5.81. The Kier molecular flexibility index (Phi) is 11.1. The zero-order valence-corrected chi connectivity index (χ0v) is 28.2. The molecule has 3 aromatic carbocycles. The van der Waals surface area contributed by atoms with Gasteiger partial charge in [0.2, 0.25) is 5.91 Å². The topological polar surface area (TPSA) is 198 Å². The number of para-hydroxylation sites is 1. The highest BCUT2D eigenvalue weighted by atomic mass is 16.4. The van der Waals surface area contributed by atoms with Crippen molar-refractivity contribution in [3.63, 3.8) is 0 Å². The molecule has 13 nitrogen and oxygen atoms in total. The number of amidine groups is 1. The molecule has 0 spiro atoms. The third-order valence-corrected chi connectivity index (χ3v) is 8.49. The van der Waals surface area contributed by atoms with Crippen molar-refractivity contribution in [1.29, 1.82) is 5.41 Å². The zero-order valence-electron chi connectivity index (χ0n) is 28.2. The first-order chi connectivity index (χ1) is 23.1. The van der Waals surface area contributed by atoms with Gasteiger partial charge < -0.3 is 31.7 Å². The maximum atomic E-state index is 14.5. The predicted octanol–water partition coefficient (Wildman–Crippen LogP) is 5.00. The summed E-state index contributed by atoms with van der Waals surface area (Å²) in [5.74, 6) is -2.59. The van der Waals surface area contributed by atoms with Gasteiger partial charge in [-0.05, 0) is 68.0 Å². The lowest BCUT2D eigenvalue weighted by molar-refractivity contribution is -0.141. The third kappa shape index (κ3) is 8.23. The fraction of sp³-hybridized carbons (Fsp3) is 0.333. The van der Waals surface area contributed by atoms with E-state index in [4.69, 9.17) is 11.1 Å². The number of aliphatic carboxylic acids is 1. The number of benzene rings is 3. The van der Waals surface area contributed by atoms with E-state index in [0.717, 1.165) is 10.5 Å². The molecule has 0 aliphatic carbocycles. The number of nitrogens with zero attached hydrogens (tertiary/aromatic N) is 2. The minimum absolute atomic E-state index is 0.0207. The van der Waals surface area contributed by atoms with Gasteiger partial charge in [-0.25, -0.2) is 14.5 Å². The summed E-state index contributed by atoms with van der Waals surface area (Å²) in [6.45, 7) is 8.75. The van der Waals surface area contributed by atoms with Crippen LogP contribution in [0.15, 0.2) is 72.8 Å². The highest BCUT2D eigenvalue weighted by molar-refractivity contribution is 6.10. The van der Waals surface area contributed by atoms with E-state index in [1.54, 1.807) is 68.4 Å². The van der Waals surface area contributed by atoms with Gasteiger partial charge >= 0.3 is 18.0 Å². The number of carboxylic acid groups (broad SMARTS) is 1. The van der Waals surface area contributed by atoms with Gasteiger partial charge in [-0.1, -0.05) is 68.4 Å². The van der Waals surface area contributed by atoms with Gasteiger partial charge in [-0.15, -0.1) is 0 Å². The van der Waals surface area contributed by atoms with Crippen molar-refractivity contribution < 1.29 is 29.1 Å². The Morgan fingerprint density at radius 2 is 1.57 bits per heavy atom. The van der Waals surface area contributed by atoms with Gasteiger partial charge in [-0.2, -0.15) is 0 Å². The number of carboxylic acids is 1. The number of aryl methyl sites for hydroxylation is 1. The summed E-state index contributed by atoms with van der Waals surface area (Å²) >= 11 is 0. The van der Waals surface area contributed by atoms with Gasteiger partial charge in [0.25, 0.3) is 5.91 Å². The van der Waals surface area contributed by atoms with Crippen LogP contribution in [0.25, 0.3) is 0 Å². The lowest BCUT2D eigenvalue weighted by Crippen LogP contribution is -2.53. The number of imide groups is 1. The average Bonchev–Trinajstić information content (AvgIpc) is 3.22. The van der Waals surface area contributed by atoms with Crippen LogP contribution in [-0.2, 0) is 26.5 Å². The van der Waals surface area contributed by atoms with Crippen LogP contribution in [0.1, 0.15) is 62.8 Å². The lowest BCUT2D eigenvalue weighted by Gasteiger charge is -2.32. The van der Waals surface area contributed by atoms with E-state index < -0.39 is 47.5 Å². The molecule has 1 aliphatic heterocycles. The van der Waals surface area contributed by atoms with E-state index >= 15 is 0 Å². The number of amides is 6. The Morgan fingerprint density at radius 3 is 2.14 bits per heavy atom. The standard InChI is InChI=1S/C36H43N7O6/c1-21(2)18-29(32(46)39-23(4)19-30(44)45)43-33(47)36(5,26-14-12-25(13-15-26)31(37)38)42(35(43)49)20-24-10-16-27(17-11-24)40-34(48)41-28-9-7-6-8-22(28)3/h6-17,21,23,29H,18-20H2,1-5H3,(H3,37,38)(H,39,46)(H,44,45)(H2,40,41,48). The van der Waals surface area contributed by atoms with Crippen LogP contribution >= 0.6 is 0 Å². The second-order valence-corrected chi connectivity index (χ2v) is 12.9. The second-order valence-electron chi connectivity index (χ2n) is 12.9. The highest BCUT2D eigenvalue weighted by Crippen LogP contribution is 2.40. The van der Waals surface area contributed by atoms with Crippen LogP contribution in [0.2, 0.25) is 0 Å². The molecule has 3 atom stereocenters. The van der Waals surface area contributed by atoms with Crippen LogP contribution in [0, 0.1) is 18.3 Å². The summed E-state index contributed by atoms with van der Waals surface area (Å²) in [6.07, 6.45) is -0.173. The van der Waals surface area contributed by atoms with Crippen molar-refractivity contribution in [1.82, 2.24) is 15.1 Å². The first kappa shape index (κ1) is 36.1. The number of hydrogen-bond donors (Lipinski definition) is 6. The van der Waals surface area contributed by atoms with Gasteiger partial charge in [0, 0.05) is 29.5 Å². The largest absolute Gasteiger partial charge is 0.481 e. The molecule has 1 aliphatic rings. The molecule has 0 saturated carbocycles. The molecule has 0 aromatic heterocycles. The Balaban J connectivity index is 1.65. The van der Waals surface area contributed by atoms with Crippen molar-refractivity contribution in [2.24, 2.45) is 11.7 Å². The monoisotopic (exact) mass is 669 g/mol. The molecule has 1 fully saturated rings. The molecule has 3 unspecified atom stereocenters. The van der Waals surface area contributed by atoms with Gasteiger partial charge in [0.15, 0.2) is 0 Å². The smallest absolute Gasteiger partial charge is 0.329 e. The summed E-state index contributed by atoms with van der Waals surface area (Å²) in [5, 5.41) is 25.2. The highest BCUT2D eigenvalue weighted by Gasteiger charge is 2.58. The minimum atomic E-state index is -1.56. The summed E-state index contributed by atoms with van der Waals surface area (Å²) in [6, 6.07) is 17.6. The van der Waals surface area contributed by atoms with E-state index in [-0.39, 0.29) is 31.1 Å². The summed E-state index contributed by atoms with van der Waals surface area (Å²) in [5.41, 5.74) is 7.74. The molecule has 0 radical (unpaired) electrons. The van der Waals surface area contributed by atoms with Crippen LogP contribution in [0.5, 0.6) is 0 Å². The number of nitrogen functional groups attached to an aromatic ring is 1. The van der Waals surface area contributed by atoms with Crippen molar-refractivity contribution in [3.05, 3.63) is 95.1 Å². The Morgan fingerprint density at radius 1 is 0.939 bits per heavy atom. The number of urea groups is 2. The molecule has 1 heterocycles. The molecular formula is C36H43N7O6. The van der Waals surface area contributed by atoms with E-state index in [9.17, 15) is 29.1 Å². The van der Waals surface area contributed by atoms with E-state index in [0.29, 0.717) is 28.1 Å².